The maximum Gasteiger partial charge on any atom is 0.224 e. The minimum Gasteiger partial charge on any atom is -0.356 e. The van der Waals surface area contributed by atoms with Crippen LogP contribution in [0.15, 0.2) is 12.3 Å². The molecule has 5 heteroatoms. The normalized spacial score (nSPS) is 20.9. The van der Waals surface area contributed by atoms with Crippen molar-refractivity contribution in [1.29, 1.82) is 0 Å². The maximum absolute atomic E-state index is 4.67. The molecule has 110 valence electrons. The Hall–Kier alpha value is -1.36. The summed E-state index contributed by atoms with van der Waals surface area (Å²) in [7, 11) is 0. The summed E-state index contributed by atoms with van der Waals surface area (Å²) < 4.78 is 0. The first-order valence-electron chi connectivity index (χ1n) is 7.94. The van der Waals surface area contributed by atoms with Gasteiger partial charge in [-0.1, -0.05) is 0 Å². The predicted octanol–water partition coefficient (Wildman–Crippen LogP) is 1.88. The Labute approximate surface area is 121 Å². The van der Waals surface area contributed by atoms with Crippen molar-refractivity contribution in [2.24, 2.45) is 5.92 Å². The molecule has 0 amide bonds. The standard InChI is InChI=1S/C15H25N5/c1-2-10-20(11-3-1)14-6-9-17-15(19-14)18-12-13-4-7-16-8-5-13/h6,9,13,16H,1-5,7-8,10-12H2,(H,17,18,19). The van der Waals surface area contributed by atoms with Crippen molar-refractivity contribution in [2.45, 2.75) is 32.1 Å². The van der Waals surface area contributed by atoms with Crippen molar-refractivity contribution >= 4 is 11.8 Å². The molecule has 3 heterocycles. The highest BCUT2D eigenvalue weighted by atomic mass is 15.2. The molecule has 1 aromatic heterocycles. The van der Waals surface area contributed by atoms with E-state index in [0.717, 1.165) is 50.4 Å². The lowest BCUT2D eigenvalue weighted by Gasteiger charge is -2.28. The number of anilines is 2. The van der Waals surface area contributed by atoms with Gasteiger partial charge in [-0.3, -0.25) is 0 Å². The lowest BCUT2D eigenvalue weighted by atomic mass is 9.98. The van der Waals surface area contributed by atoms with Crippen LogP contribution in [0.1, 0.15) is 32.1 Å². The summed E-state index contributed by atoms with van der Waals surface area (Å²) in [5, 5.41) is 6.82. The first-order chi connectivity index (χ1) is 9.92. The highest BCUT2D eigenvalue weighted by molar-refractivity contribution is 5.42. The predicted molar refractivity (Wildman–Crippen MR) is 82.2 cm³/mol. The van der Waals surface area contributed by atoms with Crippen LogP contribution in [-0.2, 0) is 0 Å². The van der Waals surface area contributed by atoms with Crippen molar-refractivity contribution in [2.75, 3.05) is 42.9 Å². The highest BCUT2D eigenvalue weighted by Gasteiger charge is 2.15. The van der Waals surface area contributed by atoms with E-state index >= 15 is 0 Å². The Morgan fingerprint density at radius 3 is 2.80 bits per heavy atom. The third kappa shape index (κ3) is 3.60. The van der Waals surface area contributed by atoms with E-state index < -0.39 is 0 Å². The molecule has 5 nitrogen and oxygen atoms in total. The molecule has 2 aliphatic heterocycles. The maximum atomic E-state index is 4.67. The van der Waals surface area contributed by atoms with Gasteiger partial charge in [-0.25, -0.2) is 4.98 Å². The van der Waals surface area contributed by atoms with E-state index in [1.807, 2.05) is 12.3 Å². The SMILES string of the molecule is c1cc(N2CCCCC2)nc(NCC2CCNCC2)n1. The Morgan fingerprint density at radius 2 is 2.00 bits per heavy atom. The van der Waals surface area contributed by atoms with Crippen LogP contribution in [0.25, 0.3) is 0 Å². The zero-order valence-electron chi connectivity index (χ0n) is 12.1. The fraction of sp³-hybridized carbons (Fsp3) is 0.733. The molecular formula is C15H25N5. The molecule has 0 radical (unpaired) electrons. The summed E-state index contributed by atoms with van der Waals surface area (Å²) in [6, 6.07) is 2.03. The minimum absolute atomic E-state index is 0.749. The Bertz CT molecular complexity index is 410. The van der Waals surface area contributed by atoms with Crippen LogP contribution >= 0.6 is 0 Å². The van der Waals surface area contributed by atoms with E-state index in [4.69, 9.17) is 0 Å². The van der Waals surface area contributed by atoms with E-state index in [0.29, 0.717) is 0 Å². The number of hydrogen-bond acceptors (Lipinski definition) is 5. The summed E-state index contributed by atoms with van der Waals surface area (Å²) in [4.78, 5) is 11.4. The zero-order valence-corrected chi connectivity index (χ0v) is 12.1. The van der Waals surface area contributed by atoms with Crippen LogP contribution in [0.5, 0.6) is 0 Å². The van der Waals surface area contributed by atoms with Gasteiger partial charge in [0, 0.05) is 25.8 Å². The topological polar surface area (TPSA) is 53.1 Å². The fourth-order valence-electron chi connectivity index (χ4n) is 3.05. The Balaban J connectivity index is 1.56. The van der Waals surface area contributed by atoms with Gasteiger partial charge in [-0.05, 0) is 57.2 Å². The largest absolute Gasteiger partial charge is 0.356 e. The second kappa shape index (κ2) is 6.88. The van der Waals surface area contributed by atoms with Crippen molar-refractivity contribution in [3.05, 3.63) is 12.3 Å². The van der Waals surface area contributed by atoms with Crippen molar-refractivity contribution in [3.63, 3.8) is 0 Å². The van der Waals surface area contributed by atoms with E-state index in [1.54, 1.807) is 0 Å². The van der Waals surface area contributed by atoms with Gasteiger partial charge in [0.1, 0.15) is 5.82 Å². The molecule has 0 atom stereocenters. The first kappa shape index (κ1) is 13.6. The molecule has 0 spiro atoms. The number of hydrogen-bond donors (Lipinski definition) is 2. The van der Waals surface area contributed by atoms with Gasteiger partial charge in [-0.2, -0.15) is 4.98 Å². The summed E-state index contributed by atoms with van der Waals surface area (Å²) in [6.45, 7) is 5.53. The highest BCUT2D eigenvalue weighted by Crippen LogP contribution is 2.18. The summed E-state index contributed by atoms with van der Waals surface area (Å²) in [5.74, 6) is 2.61. The number of piperidine rings is 2. The van der Waals surface area contributed by atoms with Crippen LogP contribution in [0.4, 0.5) is 11.8 Å². The average Bonchev–Trinajstić information content (AvgIpc) is 2.55. The summed E-state index contributed by atoms with van der Waals surface area (Å²) >= 11 is 0. The molecule has 2 fully saturated rings. The van der Waals surface area contributed by atoms with E-state index in [-0.39, 0.29) is 0 Å². The lowest BCUT2D eigenvalue weighted by molar-refractivity contribution is 0.389. The molecule has 0 bridgehead atoms. The van der Waals surface area contributed by atoms with Gasteiger partial charge >= 0.3 is 0 Å². The molecule has 0 unspecified atom stereocenters. The van der Waals surface area contributed by atoms with E-state index in [1.165, 1.54) is 32.1 Å². The monoisotopic (exact) mass is 275 g/mol. The van der Waals surface area contributed by atoms with Gasteiger partial charge in [0.2, 0.25) is 5.95 Å². The molecular weight excluding hydrogens is 250 g/mol. The summed E-state index contributed by atoms with van der Waals surface area (Å²) in [5.41, 5.74) is 0. The fourth-order valence-corrected chi connectivity index (χ4v) is 3.05. The molecule has 2 saturated heterocycles. The third-order valence-electron chi connectivity index (χ3n) is 4.33. The van der Waals surface area contributed by atoms with Gasteiger partial charge in [0.15, 0.2) is 0 Å². The van der Waals surface area contributed by atoms with E-state index in [2.05, 4.69) is 25.5 Å². The van der Waals surface area contributed by atoms with Crippen molar-refractivity contribution in [3.8, 4) is 0 Å². The molecule has 2 N–H and O–H groups in total. The molecule has 3 rings (SSSR count). The first-order valence-corrected chi connectivity index (χ1v) is 7.94. The van der Waals surface area contributed by atoms with Crippen LogP contribution in [0, 0.1) is 5.92 Å². The Kier molecular flexibility index (Phi) is 4.69. The molecule has 0 aromatic carbocycles. The van der Waals surface area contributed by atoms with Crippen molar-refractivity contribution < 1.29 is 0 Å². The molecule has 0 saturated carbocycles. The smallest absolute Gasteiger partial charge is 0.224 e. The molecule has 2 aliphatic rings. The zero-order chi connectivity index (χ0) is 13.6. The number of rotatable bonds is 4. The van der Waals surface area contributed by atoms with Gasteiger partial charge in [0.05, 0.1) is 0 Å². The minimum atomic E-state index is 0.749. The van der Waals surface area contributed by atoms with Gasteiger partial charge in [-0.15, -0.1) is 0 Å². The van der Waals surface area contributed by atoms with Crippen LogP contribution < -0.4 is 15.5 Å². The van der Waals surface area contributed by atoms with Crippen LogP contribution in [-0.4, -0.2) is 42.7 Å². The number of nitrogens with one attached hydrogen (secondary N) is 2. The van der Waals surface area contributed by atoms with Gasteiger partial charge < -0.3 is 15.5 Å². The summed E-state index contributed by atoms with van der Waals surface area (Å²) in [6.07, 6.45) is 8.28. The molecule has 1 aromatic rings. The lowest BCUT2D eigenvalue weighted by Crippen LogP contribution is -2.32. The number of aromatic nitrogens is 2. The quantitative estimate of drug-likeness (QED) is 0.878. The van der Waals surface area contributed by atoms with Crippen molar-refractivity contribution in [1.82, 2.24) is 15.3 Å². The van der Waals surface area contributed by atoms with Crippen LogP contribution in [0.2, 0.25) is 0 Å². The molecule has 0 aliphatic carbocycles. The Morgan fingerprint density at radius 1 is 1.20 bits per heavy atom. The van der Waals surface area contributed by atoms with E-state index in [9.17, 15) is 0 Å². The second-order valence-corrected chi connectivity index (χ2v) is 5.86. The average molecular weight is 275 g/mol. The van der Waals surface area contributed by atoms with Gasteiger partial charge in [0.25, 0.3) is 0 Å². The molecule has 20 heavy (non-hydrogen) atoms. The number of nitrogens with zero attached hydrogens (tertiary/aromatic N) is 3. The second-order valence-electron chi connectivity index (χ2n) is 5.86. The van der Waals surface area contributed by atoms with Crippen LogP contribution in [0.3, 0.4) is 0 Å². The third-order valence-corrected chi connectivity index (χ3v) is 4.33.